The van der Waals surface area contributed by atoms with E-state index in [-0.39, 0.29) is 30.8 Å². The Hall–Kier alpha value is -2.37. The van der Waals surface area contributed by atoms with Crippen molar-refractivity contribution >= 4 is 11.9 Å². The summed E-state index contributed by atoms with van der Waals surface area (Å²) in [7, 11) is 0. The van der Waals surface area contributed by atoms with Gasteiger partial charge in [0.25, 0.3) is 0 Å². The van der Waals surface area contributed by atoms with Crippen molar-refractivity contribution in [1.82, 2.24) is 5.32 Å². The standard InChI is InChI=1S/C15H16FNO4/c16-11-2-5-13(6-3-11)21-8-7-14(18)17-12-4-1-10(9-12)15(19)20/h1-6,10,12H,7-9H2,(H,17,18)(H,19,20). The van der Waals surface area contributed by atoms with Crippen molar-refractivity contribution in [2.24, 2.45) is 5.92 Å². The zero-order valence-electron chi connectivity index (χ0n) is 11.3. The monoisotopic (exact) mass is 293 g/mol. The predicted molar refractivity (Wildman–Crippen MR) is 73.3 cm³/mol. The van der Waals surface area contributed by atoms with Gasteiger partial charge < -0.3 is 15.2 Å². The van der Waals surface area contributed by atoms with Crippen LogP contribution >= 0.6 is 0 Å². The number of carboxylic acids is 1. The van der Waals surface area contributed by atoms with Crippen molar-refractivity contribution in [3.05, 3.63) is 42.2 Å². The van der Waals surface area contributed by atoms with Crippen molar-refractivity contribution in [1.29, 1.82) is 0 Å². The fourth-order valence-electron chi connectivity index (χ4n) is 2.06. The lowest BCUT2D eigenvalue weighted by atomic mass is 10.1. The zero-order valence-corrected chi connectivity index (χ0v) is 11.3. The summed E-state index contributed by atoms with van der Waals surface area (Å²) >= 11 is 0. The van der Waals surface area contributed by atoms with Crippen molar-refractivity contribution in [2.75, 3.05) is 6.61 Å². The molecule has 1 amide bonds. The Labute approximate surface area is 121 Å². The van der Waals surface area contributed by atoms with Gasteiger partial charge in [-0.2, -0.15) is 0 Å². The first-order chi connectivity index (χ1) is 10.0. The van der Waals surface area contributed by atoms with Gasteiger partial charge in [0.2, 0.25) is 5.91 Å². The number of hydrogen-bond acceptors (Lipinski definition) is 3. The number of benzene rings is 1. The molecule has 0 aliphatic heterocycles. The van der Waals surface area contributed by atoms with Crippen molar-refractivity contribution in [3.63, 3.8) is 0 Å². The molecule has 0 aromatic heterocycles. The summed E-state index contributed by atoms with van der Waals surface area (Å²) in [6.45, 7) is 0.177. The van der Waals surface area contributed by atoms with E-state index < -0.39 is 11.9 Å². The number of aliphatic carboxylic acids is 1. The van der Waals surface area contributed by atoms with Crippen molar-refractivity contribution in [2.45, 2.75) is 18.9 Å². The van der Waals surface area contributed by atoms with Gasteiger partial charge in [0, 0.05) is 6.04 Å². The fourth-order valence-corrected chi connectivity index (χ4v) is 2.06. The van der Waals surface area contributed by atoms with Gasteiger partial charge in [-0.3, -0.25) is 9.59 Å². The van der Waals surface area contributed by atoms with E-state index in [1.807, 2.05) is 0 Å². The molecule has 0 bridgehead atoms. The van der Waals surface area contributed by atoms with E-state index in [9.17, 15) is 14.0 Å². The van der Waals surface area contributed by atoms with Crippen LogP contribution in [-0.2, 0) is 9.59 Å². The van der Waals surface area contributed by atoms with Gasteiger partial charge in [-0.1, -0.05) is 12.2 Å². The number of halogens is 1. The third-order valence-electron chi connectivity index (χ3n) is 3.16. The fraction of sp³-hybridized carbons (Fsp3) is 0.333. The number of ether oxygens (including phenoxy) is 1. The molecule has 0 heterocycles. The molecule has 0 saturated heterocycles. The molecule has 2 atom stereocenters. The Balaban J connectivity index is 1.67. The van der Waals surface area contributed by atoms with Crippen LogP contribution in [0.15, 0.2) is 36.4 Å². The van der Waals surface area contributed by atoms with Gasteiger partial charge >= 0.3 is 5.97 Å². The minimum Gasteiger partial charge on any atom is -0.493 e. The number of rotatable bonds is 6. The summed E-state index contributed by atoms with van der Waals surface area (Å²) in [5.74, 6) is -1.48. The highest BCUT2D eigenvalue weighted by molar-refractivity contribution is 5.77. The molecular formula is C15H16FNO4. The summed E-state index contributed by atoms with van der Waals surface area (Å²) < 4.78 is 18.0. The van der Waals surface area contributed by atoms with Gasteiger partial charge in [0.15, 0.2) is 0 Å². The molecule has 112 valence electrons. The Morgan fingerprint density at radius 2 is 2.00 bits per heavy atom. The van der Waals surface area contributed by atoms with Crippen LogP contribution in [0.25, 0.3) is 0 Å². The third kappa shape index (κ3) is 4.59. The molecule has 2 rings (SSSR count). The van der Waals surface area contributed by atoms with Crippen LogP contribution in [0, 0.1) is 11.7 Å². The van der Waals surface area contributed by atoms with Crippen LogP contribution in [0.4, 0.5) is 4.39 Å². The summed E-state index contributed by atoms with van der Waals surface area (Å²) in [6, 6.07) is 5.30. The second kappa shape index (κ2) is 6.88. The maximum absolute atomic E-state index is 12.7. The molecule has 1 aliphatic rings. The number of carbonyl (C=O) groups is 2. The summed E-state index contributed by atoms with van der Waals surface area (Å²) in [4.78, 5) is 22.5. The number of carboxylic acid groups (broad SMARTS) is 1. The predicted octanol–water partition coefficient (Wildman–Crippen LogP) is 1.74. The number of carbonyl (C=O) groups excluding carboxylic acids is 1. The minimum absolute atomic E-state index is 0.152. The molecule has 0 spiro atoms. The Kier molecular flexibility index (Phi) is 4.92. The van der Waals surface area contributed by atoms with Gasteiger partial charge in [-0.05, 0) is 30.7 Å². The Morgan fingerprint density at radius 1 is 1.29 bits per heavy atom. The van der Waals surface area contributed by atoms with Gasteiger partial charge in [0.05, 0.1) is 18.9 Å². The summed E-state index contributed by atoms with van der Waals surface area (Å²) in [6.07, 6.45) is 3.80. The molecule has 2 N–H and O–H groups in total. The largest absolute Gasteiger partial charge is 0.493 e. The van der Waals surface area contributed by atoms with Crippen LogP contribution in [0.2, 0.25) is 0 Å². The summed E-state index contributed by atoms with van der Waals surface area (Å²) in [5.41, 5.74) is 0. The molecule has 5 nitrogen and oxygen atoms in total. The second-order valence-corrected chi connectivity index (χ2v) is 4.79. The molecule has 2 unspecified atom stereocenters. The Morgan fingerprint density at radius 3 is 2.62 bits per heavy atom. The summed E-state index contributed by atoms with van der Waals surface area (Å²) in [5, 5.41) is 11.6. The van der Waals surface area contributed by atoms with E-state index in [1.165, 1.54) is 24.3 Å². The van der Waals surface area contributed by atoms with Gasteiger partial charge in [-0.15, -0.1) is 0 Å². The number of hydrogen-bond donors (Lipinski definition) is 2. The van der Waals surface area contributed by atoms with Gasteiger partial charge in [0.1, 0.15) is 11.6 Å². The molecule has 0 radical (unpaired) electrons. The second-order valence-electron chi connectivity index (χ2n) is 4.79. The molecule has 1 aromatic rings. The average Bonchev–Trinajstić information content (AvgIpc) is 2.90. The number of amides is 1. The molecule has 1 aliphatic carbocycles. The lowest BCUT2D eigenvalue weighted by Gasteiger charge is -2.12. The molecular weight excluding hydrogens is 277 g/mol. The first-order valence-corrected chi connectivity index (χ1v) is 6.63. The van der Waals surface area contributed by atoms with E-state index in [4.69, 9.17) is 9.84 Å². The molecule has 21 heavy (non-hydrogen) atoms. The first kappa shape index (κ1) is 15.0. The lowest BCUT2D eigenvalue weighted by molar-refractivity contribution is -0.140. The molecule has 0 fully saturated rings. The van der Waals surface area contributed by atoms with E-state index >= 15 is 0 Å². The Bertz CT molecular complexity index is 541. The first-order valence-electron chi connectivity index (χ1n) is 6.63. The highest BCUT2D eigenvalue weighted by Crippen LogP contribution is 2.18. The van der Waals surface area contributed by atoms with Crippen LogP contribution in [0.3, 0.4) is 0 Å². The van der Waals surface area contributed by atoms with Crippen LogP contribution in [0.1, 0.15) is 12.8 Å². The quantitative estimate of drug-likeness (QED) is 0.783. The topological polar surface area (TPSA) is 75.6 Å². The van der Waals surface area contributed by atoms with Crippen LogP contribution < -0.4 is 10.1 Å². The molecule has 6 heteroatoms. The SMILES string of the molecule is O=C(CCOc1ccc(F)cc1)NC1C=CC(C(=O)O)C1. The normalized spacial score (nSPS) is 20.2. The van der Waals surface area contributed by atoms with Crippen LogP contribution in [0.5, 0.6) is 5.75 Å². The lowest BCUT2D eigenvalue weighted by Crippen LogP contribution is -2.34. The number of nitrogens with one attached hydrogen (secondary N) is 1. The molecule has 0 saturated carbocycles. The smallest absolute Gasteiger partial charge is 0.310 e. The zero-order chi connectivity index (χ0) is 15.2. The van der Waals surface area contributed by atoms with E-state index in [0.717, 1.165) is 0 Å². The van der Waals surface area contributed by atoms with Crippen molar-refractivity contribution < 1.29 is 23.8 Å². The molecule has 1 aromatic carbocycles. The minimum atomic E-state index is -0.886. The van der Waals surface area contributed by atoms with Gasteiger partial charge in [-0.25, -0.2) is 4.39 Å². The average molecular weight is 293 g/mol. The van der Waals surface area contributed by atoms with E-state index in [0.29, 0.717) is 12.2 Å². The maximum Gasteiger partial charge on any atom is 0.310 e. The third-order valence-corrected chi connectivity index (χ3v) is 3.16. The highest BCUT2D eigenvalue weighted by Gasteiger charge is 2.25. The van der Waals surface area contributed by atoms with E-state index in [1.54, 1.807) is 12.2 Å². The maximum atomic E-state index is 12.7. The van der Waals surface area contributed by atoms with Crippen LogP contribution in [-0.4, -0.2) is 29.6 Å². The highest BCUT2D eigenvalue weighted by atomic mass is 19.1. The van der Waals surface area contributed by atoms with E-state index in [2.05, 4.69) is 5.32 Å². The van der Waals surface area contributed by atoms with Crippen molar-refractivity contribution in [3.8, 4) is 5.75 Å².